The number of aromatic amines is 1. The SMILES string of the molecule is Cc1cc(CCNC(=O)c2cnccn2)c(C)[nH]1. The first-order valence-electron chi connectivity index (χ1n) is 5.86. The molecule has 0 bridgehead atoms. The lowest BCUT2D eigenvalue weighted by molar-refractivity contribution is 0.0948. The molecular formula is C13H16N4O. The Hall–Kier alpha value is -2.17. The zero-order valence-electron chi connectivity index (χ0n) is 10.5. The van der Waals surface area contributed by atoms with E-state index in [1.807, 2.05) is 13.8 Å². The molecule has 0 aliphatic carbocycles. The van der Waals surface area contributed by atoms with E-state index in [1.54, 1.807) is 6.20 Å². The van der Waals surface area contributed by atoms with Crippen LogP contribution in [0.15, 0.2) is 24.7 Å². The van der Waals surface area contributed by atoms with Crippen molar-refractivity contribution in [2.24, 2.45) is 0 Å². The maximum atomic E-state index is 11.7. The highest BCUT2D eigenvalue weighted by atomic mass is 16.1. The molecule has 94 valence electrons. The maximum Gasteiger partial charge on any atom is 0.271 e. The predicted molar refractivity (Wildman–Crippen MR) is 68.3 cm³/mol. The van der Waals surface area contributed by atoms with E-state index in [-0.39, 0.29) is 5.91 Å². The van der Waals surface area contributed by atoms with Crippen molar-refractivity contribution in [2.45, 2.75) is 20.3 Å². The van der Waals surface area contributed by atoms with Gasteiger partial charge in [0.25, 0.3) is 5.91 Å². The summed E-state index contributed by atoms with van der Waals surface area (Å²) in [5.41, 5.74) is 3.87. The summed E-state index contributed by atoms with van der Waals surface area (Å²) in [6.07, 6.45) is 5.32. The molecule has 2 aromatic rings. The third-order valence-electron chi connectivity index (χ3n) is 2.73. The van der Waals surface area contributed by atoms with E-state index in [0.29, 0.717) is 12.2 Å². The van der Waals surface area contributed by atoms with Crippen LogP contribution in [0.25, 0.3) is 0 Å². The number of carbonyl (C=O) groups excluding carboxylic acids is 1. The molecule has 0 saturated carbocycles. The summed E-state index contributed by atoms with van der Waals surface area (Å²) >= 11 is 0. The lowest BCUT2D eigenvalue weighted by Gasteiger charge is -2.03. The monoisotopic (exact) mass is 244 g/mol. The van der Waals surface area contributed by atoms with Gasteiger partial charge >= 0.3 is 0 Å². The van der Waals surface area contributed by atoms with Gasteiger partial charge in [0.1, 0.15) is 5.69 Å². The summed E-state index contributed by atoms with van der Waals surface area (Å²) in [4.78, 5) is 22.8. The topological polar surface area (TPSA) is 70.7 Å². The van der Waals surface area contributed by atoms with Gasteiger partial charge in [-0.3, -0.25) is 9.78 Å². The molecule has 0 aliphatic heterocycles. The molecule has 0 aromatic carbocycles. The van der Waals surface area contributed by atoms with Crippen LogP contribution in [0.4, 0.5) is 0 Å². The number of nitrogens with one attached hydrogen (secondary N) is 2. The van der Waals surface area contributed by atoms with Crippen molar-refractivity contribution in [3.8, 4) is 0 Å². The van der Waals surface area contributed by atoms with Crippen LogP contribution in [0.3, 0.4) is 0 Å². The minimum atomic E-state index is -0.187. The molecule has 1 amide bonds. The van der Waals surface area contributed by atoms with Gasteiger partial charge in [-0.25, -0.2) is 4.98 Å². The molecule has 0 fully saturated rings. The van der Waals surface area contributed by atoms with Gasteiger partial charge in [-0.15, -0.1) is 0 Å². The number of carbonyl (C=O) groups is 1. The van der Waals surface area contributed by atoms with Crippen molar-refractivity contribution in [3.05, 3.63) is 47.3 Å². The first kappa shape index (κ1) is 12.3. The minimum absolute atomic E-state index is 0.187. The summed E-state index contributed by atoms with van der Waals surface area (Å²) < 4.78 is 0. The predicted octanol–water partition coefficient (Wildman–Crippen LogP) is 1.39. The van der Waals surface area contributed by atoms with Crippen molar-refractivity contribution < 1.29 is 4.79 Å². The standard InChI is InChI=1S/C13H16N4O/c1-9-7-11(10(2)17-9)3-4-16-13(18)12-8-14-5-6-15-12/h5-8,17H,3-4H2,1-2H3,(H,16,18). The van der Waals surface area contributed by atoms with Gasteiger partial charge in [0.05, 0.1) is 6.20 Å². The average molecular weight is 244 g/mol. The van der Waals surface area contributed by atoms with Crippen LogP contribution in [0.2, 0.25) is 0 Å². The van der Waals surface area contributed by atoms with Crippen molar-refractivity contribution >= 4 is 5.91 Å². The van der Waals surface area contributed by atoms with E-state index < -0.39 is 0 Å². The lowest BCUT2D eigenvalue weighted by Crippen LogP contribution is -2.26. The van der Waals surface area contributed by atoms with Gasteiger partial charge in [-0.2, -0.15) is 0 Å². The van der Waals surface area contributed by atoms with Crippen LogP contribution < -0.4 is 5.32 Å². The molecule has 0 radical (unpaired) electrons. The van der Waals surface area contributed by atoms with E-state index in [4.69, 9.17) is 0 Å². The second-order valence-electron chi connectivity index (χ2n) is 4.20. The van der Waals surface area contributed by atoms with Crippen LogP contribution in [0, 0.1) is 13.8 Å². The van der Waals surface area contributed by atoms with E-state index in [1.165, 1.54) is 18.0 Å². The fourth-order valence-corrected chi connectivity index (χ4v) is 1.86. The second-order valence-corrected chi connectivity index (χ2v) is 4.20. The molecule has 2 heterocycles. The molecule has 0 unspecified atom stereocenters. The third kappa shape index (κ3) is 2.94. The molecule has 0 atom stereocenters. The zero-order chi connectivity index (χ0) is 13.0. The first-order valence-corrected chi connectivity index (χ1v) is 5.86. The third-order valence-corrected chi connectivity index (χ3v) is 2.73. The molecule has 2 aromatic heterocycles. The molecular weight excluding hydrogens is 228 g/mol. The molecule has 0 spiro atoms. The summed E-state index contributed by atoms with van der Waals surface area (Å²) in [5, 5.41) is 2.83. The number of aryl methyl sites for hydroxylation is 2. The largest absolute Gasteiger partial charge is 0.362 e. The summed E-state index contributed by atoms with van der Waals surface area (Å²) in [6.45, 7) is 4.65. The average Bonchev–Trinajstić information content (AvgIpc) is 2.69. The van der Waals surface area contributed by atoms with E-state index in [9.17, 15) is 4.79 Å². The Bertz CT molecular complexity index is 533. The van der Waals surface area contributed by atoms with E-state index >= 15 is 0 Å². The van der Waals surface area contributed by atoms with Gasteiger partial charge in [0.15, 0.2) is 0 Å². The zero-order valence-corrected chi connectivity index (χ0v) is 10.5. The summed E-state index contributed by atoms with van der Waals surface area (Å²) in [7, 11) is 0. The maximum absolute atomic E-state index is 11.7. The summed E-state index contributed by atoms with van der Waals surface area (Å²) in [5.74, 6) is -0.187. The van der Waals surface area contributed by atoms with Crippen molar-refractivity contribution in [2.75, 3.05) is 6.54 Å². The molecule has 0 saturated heterocycles. The Kier molecular flexibility index (Phi) is 3.72. The van der Waals surface area contributed by atoms with Gasteiger partial charge in [-0.1, -0.05) is 0 Å². The molecule has 2 N–H and O–H groups in total. The Balaban J connectivity index is 1.86. The number of rotatable bonds is 4. The van der Waals surface area contributed by atoms with E-state index in [2.05, 4.69) is 26.3 Å². The Morgan fingerprint density at radius 2 is 2.22 bits per heavy atom. The quantitative estimate of drug-likeness (QED) is 0.854. The second kappa shape index (κ2) is 5.44. The van der Waals surface area contributed by atoms with Gasteiger partial charge in [0.2, 0.25) is 0 Å². The van der Waals surface area contributed by atoms with Crippen LogP contribution in [0.5, 0.6) is 0 Å². The Morgan fingerprint density at radius 3 is 2.83 bits per heavy atom. The number of aromatic nitrogens is 3. The van der Waals surface area contributed by atoms with Crippen molar-refractivity contribution in [1.82, 2.24) is 20.3 Å². The van der Waals surface area contributed by atoms with Crippen molar-refractivity contribution in [3.63, 3.8) is 0 Å². The Labute approximate surface area is 106 Å². The van der Waals surface area contributed by atoms with Gasteiger partial charge < -0.3 is 10.3 Å². The molecule has 5 nitrogen and oxygen atoms in total. The van der Waals surface area contributed by atoms with Gasteiger partial charge in [-0.05, 0) is 31.9 Å². The number of H-pyrrole nitrogens is 1. The number of amides is 1. The highest BCUT2D eigenvalue weighted by molar-refractivity contribution is 5.91. The normalized spacial score (nSPS) is 10.3. The van der Waals surface area contributed by atoms with Crippen LogP contribution in [-0.4, -0.2) is 27.4 Å². The highest BCUT2D eigenvalue weighted by Gasteiger charge is 2.07. The number of hydrogen-bond acceptors (Lipinski definition) is 3. The van der Waals surface area contributed by atoms with E-state index in [0.717, 1.165) is 17.8 Å². The molecule has 0 aliphatic rings. The number of hydrogen-bond donors (Lipinski definition) is 2. The summed E-state index contributed by atoms with van der Waals surface area (Å²) in [6, 6.07) is 2.10. The van der Waals surface area contributed by atoms with Gasteiger partial charge in [0, 0.05) is 30.3 Å². The highest BCUT2D eigenvalue weighted by Crippen LogP contribution is 2.09. The van der Waals surface area contributed by atoms with Crippen LogP contribution >= 0.6 is 0 Å². The van der Waals surface area contributed by atoms with Crippen LogP contribution in [-0.2, 0) is 6.42 Å². The lowest BCUT2D eigenvalue weighted by atomic mass is 10.2. The minimum Gasteiger partial charge on any atom is -0.362 e. The number of nitrogens with zero attached hydrogens (tertiary/aromatic N) is 2. The Morgan fingerprint density at radius 1 is 1.39 bits per heavy atom. The molecule has 2 rings (SSSR count). The smallest absolute Gasteiger partial charge is 0.271 e. The fourth-order valence-electron chi connectivity index (χ4n) is 1.86. The first-order chi connectivity index (χ1) is 8.66. The molecule has 18 heavy (non-hydrogen) atoms. The molecule has 5 heteroatoms. The van der Waals surface area contributed by atoms with Crippen LogP contribution in [0.1, 0.15) is 27.4 Å². The fraction of sp³-hybridized carbons (Fsp3) is 0.308. The van der Waals surface area contributed by atoms with Crippen molar-refractivity contribution in [1.29, 1.82) is 0 Å².